The standard InChI is InChI=1S/C7H14N2O2/c1-9-4-3-5(8)6(9)7(10)11-2/h5-6H,3-4,8H2,1-2H3. The Kier molecular flexibility index (Phi) is 2.46. The Morgan fingerprint density at radius 2 is 2.36 bits per heavy atom. The topological polar surface area (TPSA) is 55.6 Å². The number of hydrogen-bond donors (Lipinski definition) is 1. The molecule has 1 aliphatic heterocycles. The molecule has 2 unspecified atom stereocenters. The van der Waals surface area contributed by atoms with Crippen molar-refractivity contribution >= 4 is 5.97 Å². The molecule has 1 rings (SSSR count). The molecular weight excluding hydrogens is 144 g/mol. The second kappa shape index (κ2) is 3.19. The molecule has 1 heterocycles. The van der Waals surface area contributed by atoms with E-state index in [0.717, 1.165) is 13.0 Å². The number of ether oxygens (including phenoxy) is 1. The van der Waals surface area contributed by atoms with Crippen LogP contribution in [0.5, 0.6) is 0 Å². The van der Waals surface area contributed by atoms with E-state index >= 15 is 0 Å². The van der Waals surface area contributed by atoms with Gasteiger partial charge < -0.3 is 10.5 Å². The molecule has 2 N–H and O–H groups in total. The number of esters is 1. The van der Waals surface area contributed by atoms with Gasteiger partial charge in [0.15, 0.2) is 0 Å². The maximum atomic E-state index is 11.1. The quantitative estimate of drug-likeness (QED) is 0.507. The van der Waals surface area contributed by atoms with Gasteiger partial charge in [0.2, 0.25) is 0 Å². The Balaban J connectivity index is 2.60. The van der Waals surface area contributed by atoms with Crippen LogP contribution in [0.15, 0.2) is 0 Å². The van der Waals surface area contributed by atoms with Gasteiger partial charge in [0.05, 0.1) is 7.11 Å². The molecule has 1 saturated heterocycles. The molecule has 2 atom stereocenters. The number of nitrogens with zero attached hydrogens (tertiary/aromatic N) is 1. The highest BCUT2D eigenvalue weighted by Gasteiger charge is 2.35. The molecule has 0 radical (unpaired) electrons. The van der Waals surface area contributed by atoms with E-state index in [-0.39, 0.29) is 18.1 Å². The van der Waals surface area contributed by atoms with E-state index in [1.165, 1.54) is 7.11 Å². The summed E-state index contributed by atoms with van der Waals surface area (Å²) in [5.41, 5.74) is 5.70. The first-order valence-corrected chi connectivity index (χ1v) is 3.70. The van der Waals surface area contributed by atoms with Gasteiger partial charge in [-0.25, -0.2) is 0 Å². The Labute approximate surface area is 66.3 Å². The summed E-state index contributed by atoms with van der Waals surface area (Å²) in [6.45, 7) is 0.876. The van der Waals surface area contributed by atoms with Crippen molar-refractivity contribution in [1.29, 1.82) is 0 Å². The maximum absolute atomic E-state index is 11.1. The molecule has 0 bridgehead atoms. The van der Waals surface area contributed by atoms with Gasteiger partial charge in [0.25, 0.3) is 0 Å². The van der Waals surface area contributed by atoms with Crippen LogP contribution >= 0.6 is 0 Å². The average Bonchev–Trinajstić information content (AvgIpc) is 2.30. The zero-order valence-corrected chi connectivity index (χ0v) is 6.91. The number of likely N-dealkylation sites (N-methyl/N-ethyl adjacent to an activating group) is 1. The highest BCUT2D eigenvalue weighted by atomic mass is 16.5. The lowest BCUT2D eigenvalue weighted by Gasteiger charge is -2.19. The summed E-state index contributed by atoms with van der Waals surface area (Å²) in [6, 6.07) is -0.299. The van der Waals surface area contributed by atoms with Crippen molar-refractivity contribution in [1.82, 2.24) is 4.90 Å². The molecule has 0 spiro atoms. The van der Waals surface area contributed by atoms with Crippen LogP contribution in [0.3, 0.4) is 0 Å². The summed E-state index contributed by atoms with van der Waals surface area (Å²) in [7, 11) is 3.27. The lowest BCUT2D eigenvalue weighted by Crippen LogP contribution is -2.44. The van der Waals surface area contributed by atoms with Gasteiger partial charge in [-0.15, -0.1) is 0 Å². The summed E-state index contributed by atoms with van der Waals surface area (Å²) in [5, 5.41) is 0. The van der Waals surface area contributed by atoms with Gasteiger partial charge in [-0.05, 0) is 13.5 Å². The van der Waals surface area contributed by atoms with E-state index in [2.05, 4.69) is 4.74 Å². The third-order valence-electron chi connectivity index (χ3n) is 2.14. The van der Waals surface area contributed by atoms with Crippen LogP contribution in [0.4, 0.5) is 0 Å². The van der Waals surface area contributed by atoms with Crippen molar-refractivity contribution in [2.75, 3.05) is 20.7 Å². The lowest BCUT2D eigenvalue weighted by atomic mass is 10.1. The van der Waals surface area contributed by atoms with Crippen LogP contribution in [0.2, 0.25) is 0 Å². The number of rotatable bonds is 1. The lowest BCUT2D eigenvalue weighted by molar-refractivity contribution is -0.145. The number of carbonyl (C=O) groups is 1. The molecule has 1 fully saturated rings. The molecular formula is C7H14N2O2. The van der Waals surface area contributed by atoms with Crippen molar-refractivity contribution in [2.45, 2.75) is 18.5 Å². The first kappa shape index (κ1) is 8.49. The average molecular weight is 158 g/mol. The fourth-order valence-electron chi connectivity index (χ4n) is 1.45. The largest absolute Gasteiger partial charge is 0.468 e. The van der Waals surface area contributed by atoms with Crippen molar-refractivity contribution in [3.8, 4) is 0 Å². The molecule has 11 heavy (non-hydrogen) atoms. The number of carbonyl (C=O) groups excluding carboxylic acids is 1. The minimum absolute atomic E-state index is 0.0625. The van der Waals surface area contributed by atoms with Gasteiger partial charge in [-0.2, -0.15) is 0 Å². The van der Waals surface area contributed by atoms with E-state index in [1.54, 1.807) is 0 Å². The molecule has 4 heteroatoms. The van der Waals surface area contributed by atoms with E-state index in [4.69, 9.17) is 5.73 Å². The van der Waals surface area contributed by atoms with Crippen molar-refractivity contribution in [3.05, 3.63) is 0 Å². The molecule has 0 amide bonds. The first-order chi connectivity index (χ1) is 5.16. The molecule has 1 aliphatic rings. The smallest absolute Gasteiger partial charge is 0.324 e. The maximum Gasteiger partial charge on any atom is 0.324 e. The third-order valence-corrected chi connectivity index (χ3v) is 2.14. The van der Waals surface area contributed by atoms with E-state index < -0.39 is 0 Å². The predicted molar refractivity (Wildman–Crippen MR) is 41.0 cm³/mol. The van der Waals surface area contributed by atoms with Crippen LogP contribution in [-0.4, -0.2) is 43.7 Å². The molecule has 0 saturated carbocycles. The minimum atomic E-state index is -0.236. The molecule has 4 nitrogen and oxygen atoms in total. The number of likely N-dealkylation sites (tertiary alicyclic amines) is 1. The Morgan fingerprint density at radius 3 is 2.73 bits per heavy atom. The van der Waals surface area contributed by atoms with Crippen LogP contribution in [-0.2, 0) is 9.53 Å². The number of nitrogens with two attached hydrogens (primary N) is 1. The summed E-state index contributed by atoms with van der Waals surface area (Å²) in [4.78, 5) is 13.0. The van der Waals surface area contributed by atoms with Crippen LogP contribution in [0.25, 0.3) is 0 Å². The van der Waals surface area contributed by atoms with Gasteiger partial charge in [-0.1, -0.05) is 0 Å². The van der Waals surface area contributed by atoms with Gasteiger partial charge in [0.1, 0.15) is 6.04 Å². The fraction of sp³-hybridized carbons (Fsp3) is 0.857. The molecule has 0 aromatic rings. The molecule has 64 valence electrons. The Morgan fingerprint density at radius 1 is 1.73 bits per heavy atom. The summed E-state index contributed by atoms with van der Waals surface area (Å²) < 4.78 is 4.61. The summed E-state index contributed by atoms with van der Waals surface area (Å²) >= 11 is 0. The number of methoxy groups -OCH3 is 1. The highest BCUT2D eigenvalue weighted by molar-refractivity contribution is 5.77. The van der Waals surface area contributed by atoms with E-state index in [1.807, 2.05) is 11.9 Å². The fourth-order valence-corrected chi connectivity index (χ4v) is 1.45. The normalized spacial score (nSPS) is 32.3. The van der Waals surface area contributed by atoms with Crippen molar-refractivity contribution < 1.29 is 9.53 Å². The first-order valence-electron chi connectivity index (χ1n) is 3.70. The Bertz CT molecular complexity index is 151. The second-order valence-corrected chi connectivity index (χ2v) is 2.90. The van der Waals surface area contributed by atoms with E-state index in [9.17, 15) is 4.79 Å². The minimum Gasteiger partial charge on any atom is -0.468 e. The zero-order valence-electron chi connectivity index (χ0n) is 6.91. The monoisotopic (exact) mass is 158 g/mol. The zero-order chi connectivity index (χ0) is 8.43. The number of hydrogen-bond acceptors (Lipinski definition) is 4. The third kappa shape index (κ3) is 1.52. The van der Waals surface area contributed by atoms with Crippen molar-refractivity contribution in [3.63, 3.8) is 0 Å². The molecule has 0 aliphatic carbocycles. The Hall–Kier alpha value is -0.610. The summed E-state index contributed by atoms with van der Waals surface area (Å²) in [5.74, 6) is -0.225. The van der Waals surface area contributed by atoms with Gasteiger partial charge >= 0.3 is 5.97 Å². The van der Waals surface area contributed by atoms with Gasteiger partial charge in [0, 0.05) is 12.6 Å². The highest BCUT2D eigenvalue weighted by Crippen LogP contribution is 2.14. The van der Waals surface area contributed by atoms with Gasteiger partial charge in [-0.3, -0.25) is 9.69 Å². The molecule has 0 aromatic carbocycles. The second-order valence-electron chi connectivity index (χ2n) is 2.90. The van der Waals surface area contributed by atoms with E-state index in [0.29, 0.717) is 0 Å². The predicted octanol–water partition coefficient (Wildman–Crippen LogP) is -0.809. The van der Waals surface area contributed by atoms with Crippen LogP contribution in [0.1, 0.15) is 6.42 Å². The van der Waals surface area contributed by atoms with Crippen LogP contribution < -0.4 is 5.73 Å². The SMILES string of the molecule is COC(=O)C1C(N)CCN1C. The molecule has 0 aromatic heterocycles. The van der Waals surface area contributed by atoms with Crippen molar-refractivity contribution in [2.24, 2.45) is 5.73 Å². The van der Waals surface area contributed by atoms with Crippen LogP contribution in [0, 0.1) is 0 Å². The summed E-state index contributed by atoms with van der Waals surface area (Å²) in [6.07, 6.45) is 0.871.